The van der Waals surface area contributed by atoms with E-state index < -0.39 is 5.60 Å². The first-order chi connectivity index (χ1) is 7.24. The maximum atomic E-state index is 10.3. The van der Waals surface area contributed by atoms with E-state index in [1.54, 1.807) is 0 Å². The van der Waals surface area contributed by atoms with E-state index in [-0.39, 0.29) is 0 Å². The van der Waals surface area contributed by atoms with Gasteiger partial charge in [0.1, 0.15) is 0 Å². The Morgan fingerprint density at radius 1 is 1.27 bits per heavy atom. The maximum absolute atomic E-state index is 10.3. The first kappa shape index (κ1) is 10.7. The van der Waals surface area contributed by atoms with Crippen LogP contribution in [0.5, 0.6) is 0 Å². The molecule has 0 heterocycles. The summed E-state index contributed by atoms with van der Waals surface area (Å²) >= 11 is 0. The number of hydrogen-bond acceptors (Lipinski definition) is 2. The van der Waals surface area contributed by atoms with Crippen molar-refractivity contribution >= 4 is 0 Å². The van der Waals surface area contributed by atoms with Crippen molar-refractivity contribution < 1.29 is 5.11 Å². The van der Waals surface area contributed by atoms with E-state index in [0.29, 0.717) is 12.5 Å². The van der Waals surface area contributed by atoms with Crippen molar-refractivity contribution in [2.45, 2.75) is 31.3 Å². The van der Waals surface area contributed by atoms with Gasteiger partial charge in [0.05, 0.1) is 5.60 Å². The van der Waals surface area contributed by atoms with Gasteiger partial charge in [0.2, 0.25) is 0 Å². The van der Waals surface area contributed by atoms with Gasteiger partial charge in [-0.1, -0.05) is 30.3 Å². The van der Waals surface area contributed by atoms with Gasteiger partial charge in [-0.3, -0.25) is 0 Å². The molecule has 82 valence electrons. The normalized spacial score (nSPS) is 19.9. The summed E-state index contributed by atoms with van der Waals surface area (Å²) in [5.74, 6) is 0.450. The highest BCUT2D eigenvalue weighted by Crippen LogP contribution is 2.41. The smallest absolute Gasteiger partial charge is 0.0800 e. The molecule has 0 saturated heterocycles. The summed E-state index contributed by atoms with van der Waals surface area (Å²) in [5, 5.41) is 10.3. The van der Waals surface area contributed by atoms with Crippen LogP contribution in [0, 0.1) is 5.92 Å². The molecule has 1 fully saturated rings. The average molecular weight is 205 g/mol. The zero-order valence-electron chi connectivity index (χ0n) is 9.02. The highest BCUT2D eigenvalue weighted by atomic mass is 16.3. The summed E-state index contributed by atoms with van der Waals surface area (Å²) in [4.78, 5) is 0. The molecule has 1 saturated carbocycles. The van der Waals surface area contributed by atoms with E-state index in [9.17, 15) is 5.11 Å². The molecule has 1 aromatic rings. The summed E-state index contributed by atoms with van der Waals surface area (Å²) in [6.07, 6.45) is 3.99. The Balaban J connectivity index is 1.91. The first-order valence-corrected chi connectivity index (χ1v) is 5.71. The van der Waals surface area contributed by atoms with Gasteiger partial charge in [0.15, 0.2) is 0 Å². The molecule has 3 N–H and O–H groups in total. The Morgan fingerprint density at radius 3 is 2.47 bits per heavy atom. The van der Waals surface area contributed by atoms with Crippen LogP contribution in [0.15, 0.2) is 30.3 Å². The largest absolute Gasteiger partial charge is 0.388 e. The van der Waals surface area contributed by atoms with Gasteiger partial charge in [0, 0.05) is 6.54 Å². The fraction of sp³-hybridized carbons (Fsp3) is 0.538. The number of nitrogens with two attached hydrogens (primary N) is 1. The van der Waals surface area contributed by atoms with Crippen LogP contribution in [-0.4, -0.2) is 17.3 Å². The fourth-order valence-electron chi connectivity index (χ4n) is 2.10. The minimum Gasteiger partial charge on any atom is -0.388 e. The molecule has 2 heteroatoms. The Hall–Kier alpha value is -0.860. The second-order valence-corrected chi connectivity index (χ2v) is 4.57. The van der Waals surface area contributed by atoms with Gasteiger partial charge in [-0.25, -0.2) is 0 Å². The summed E-state index contributed by atoms with van der Waals surface area (Å²) in [7, 11) is 0. The average Bonchev–Trinajstić information content (AvgIpc) is 3.11. The van der Waals surface area contributed by atoms with Crippen LogP contribution in [0.2, 0.25) is 0 Å². The Morgan fingerprint density at radius 2 is 1.93 bits per heavy atom. The third-order valence-electron chi connectivity index (χ3n) is 3.38. The van der Waals surface area contributed by atoms with Gasteiger partial charge < -0.3 is 10.8 Å². The van der Waals surface area contributed by atoms with Crippen molar-refractivity contribution in [3.05, 3.63) is 35.9 Å². The van der Waals surface area contributed by atoms with Crippen LogP contribution in [-0.2, 0) is 6.42 Å². The molecule has 0 spiro atoms. The summed E-state index contributed by atoms with van der Waals surface area (Å²) in [6, 6.07) is 10.3. The lowest BCUT2D eigenvalue weighted by molar-refractivity contribution is 0.0181. The Kier molecular flexibility index (Phi) is 3.08. The topological polar surface area (TPSA) is 46.2 Å². The SMILES string of the molecule is NCC(O)(CCc1ccccc1)C1CC1. The molecule has 15 heavy (non-hydrogen) atoms. The first-order valence-electron chi connectivity index (χ1n) is 5.71. The standard InChI is InChI=1S/C13H19NO/c14-10-13(15,12-6-7-12)9-8-11-4-2-1-3-5-11/h1-5,12,15H,6-10,14H2. The quantitative estimate of drug-likeness (QED) is 0.769. The third kappa shape index (κ3) is 2.58. The molecule has 0 amide bonds. The van der Waals surface area contributed by atoms with E-state index in [1.165, 1.54) is 5.56 Å². The molecule has 0 radical (unpaired) electrons. The van der Waals surface area contributed by atoms with Crippen LogP contribution in [0.25, 0.3) is 0 Å². The molecule has 1 aromatic carbocycles. The summed E-state index contributed by atoms with van der Waals surface area (Å²) < 4.78 is 0. The van der Waals surface area contributed by atoms with Gasteiger partial charge in [-0.05, 0) is 37.2 Å². The van der Waals surface area contributed by atoms with Crippen molar-refractivity contribution in [3.63, 3.8) is 0 Å². The summed E-state index contributed by atoms with van der Waals surface area (Å²) in [6.45, 7) is 0.393. The van der Waals surface area contributed by atoms with E-state index in [0.717, 1.165) is 25.7 Å². The molecule has 1 aliphatic carbocycles. The number of aliphatic hydroxyl groups is 1. The molecule has 2 nitrogen and oxygen atoms in total. The minimum atomic E-state index is -0.615. The monoisotopic (exact) mass is 205 g/mol. The third-order valence-corrected chi connectivity index (χ3v) is 3.38. The molecule has 2 rings (SSSR count). The van der Waals surface area contributed by atoms with Crippen molar-refractivity contribution in [1.29, 1.82) is 0 Å². The highest BCUT2D eigenvalue weighted by Gasteiger charge is 2.42. The van der Waals surface area contributed by atoms with E-state index >= 15 is 0 Å². The van der Waals surface area contributed by atoms with Crippen molar-refractivity contribution in [2.24, 2.45) is 11.7 Å². The molecular formula is C13H19NO. The predicted octanol–water partition coefficient (Wildman–Crippen LogP) is 1.72. The van der Waals surface area contributed by atoms with Gasteiger partial charge in [-0.2, -0.15) is 0 Å². The van der Waals surface area contributed by atoms with Gasteiger partial charge in [-0.15, -0.1) is 0 Å². The molecule has 1 unspecified atom stereocenters. The van der Waals surface area contributed by atoms with Crippen molar-refractivity contribution in [2.75, 3.05) is 6.54 Å². The lowest BCUT2D eigenvalue weighted by Crippen LogP contribution is -2.40. The second kappa shape index (κ2) is 4.33. The lowest BCUT2D eigenvalue weighted by Gasteiger charge is -2.26. The van der Waals surface area contributed by atoms with Crippen LogP contribution >= 0.6 is 0 Å². The predicted molar refractivity (Wildman–Crippen MR) is 61.5 cm³/mol. The molecule has 0 bridgehead atoms. The lowest BCUT2D eigenvalue weighted by atomic mass is 9.90. The Labute approximate surface area is 91.1 Å². The zero-order chi connectivity index (χ0) is 10.7. The van der Waals surface area contributed by atoms with Crippen LogP contribution in [0.1, 0.15) is 24.8 Å². The number of benzene rings is 1. The van der Waals surface area contributed by atoms with Crippen molar-refractivity contribution in [3.8, 4) is 0 Å². The summed E-state index contributed by atoms with van der Waals surface area (Å²) in [5.41, 5.74) is 6.33. The molecule has 0 aromatic heterocycles. The van der Waals surface area contributed by atoms with Crippen molar-refractivity contribution in [1.82, 2.24) is 0 Å². The van der Waals surface area contributed by atoms with E-state index in [2.05, 4.69) is 12.1 Å². The molecule has 1 atom stereocenters. The van der Waals surface area contributed by atoms with Crippen LogP contribution in [0.4, 0.5) is 0 Å². The van der Waals surface area contributed by atoms with E-state index in [1.807, 2.05) is 18.2 Å². The van der Waals surface area contributed by atoms with Crippen LogP contribution < -0.4 is 5.73 Å². The van der Waals surface area contributed by atoms with Crippen LogP contribution in [0.3, 0.4) is 0 Å². The number of hydrogen-bond donors (Lipinski definition) is 2. The molecular weight excluding hydrogens is 186 g/mol. The van der Waals surface area contributed by atoms with Gasteiger partial charge in [0.25, 0.3) is 0 Å². The number of rotatable bonds is 5. The Bertz CT molecular complexity index is 308. The highest BCUT2D eigenvalue weighted by molar-refractivity contribution is 5.15. The number of aryl methyl sites for hydroxylation is 1. The van der Waals surface area contributed by atoms with E-state index in [4.69, 9.17) is 5.73 Å². The van der Waals surface area contributed by atoms with Gasteiger partial charge >= 0.3 is 0 Å². The fourth-order valence-corrected chi connectivity index (χ4v) is 2.10. The minimum absolute atomic E-state index is 0.393. The molecule has 0 aliphatic heterocycles. The maximum Gasteiger partial charge on any atom is 0.0800 e. The zero-order valence-corrected chi connectivity index (χ0v) is 9.02. The molecule has 1 aliphatic rings. The second-order valence-electron chi connectivity index (χ2n) is 4.57.